The van der Waals surface area contributed by atoms with E-state index in [0.29, 0.717) is 54.4 Å². The zero-order chi connectivity index (χ0) is 65.3. The van der Waals surface area contributed by atoms with E-state index in [4.69, 9.17) is 41.9 Å². The van der Waals surface area contributed by atoms with Crippen molar-refractivity contribution in [2.75, 3.05) is 36.8 Å². The van der Waals surface area contributed by atoms with Gasteiger partial charge in [-0.1, -0.05) is 45.9 Å². The van der Waals surface area contributed by atoms with E-state index in [0.717, 1.165) is 0 Å². The summed E-state index contributed by atoms with van der Waals surface area (Å²) in [6, 6.07) is 11.6. The Morgan fingerprint density at radius 2 is 1.12 bits per heavy atom. The predicted octanol–water partition coefficient (Wildman–Crippen LogP) is 5.38. The number of benzene rings is 3. The smallest absolute Gasteiger partial charge is 0.408 e. The number of nitrogens with zero attached hydrogens (tertiary/aromatic N) is 4. The van der Waals surface area contributed by atoms with Crippen molar-refractivity contribution in [3.05, 3.63) is 82.9 Å². The van der Waals surface area contributed by atoms with Gasteiger partial charge in [-0.2, -0.15) is 0 Å². The number of guanidine groups is 2. The Kier molecular flexibility index (Phi) is 21.6. The number of nitrogens with one attached hydrogen (secondary N) is 5. The molecule has 2 saturated heterocycles. The second-order valence-electron chi connectivity index (χ2n) is 25.6. The molecule has 89 heavy (non-hydrogen) atoms. The third-order valence-electron chi connectivity index (χ3n) is 15.6. The number of carbonyl (C=O) groups excluding carboxylic acids is 9. The van der Waals surface area contributed by atoms with Gasteiger partial charge in [0.15, 0.2) is 23.3 Å². The van der Waals surface area contributed by atoms with Crippen LogP contribution in [-0.2, 0) is 48.6 Å². The Labute approximate surface area is 518 Å². The maximum atomic E-state index is 14.6. The first kappa shape index (κ1) is 67.5. The molecule has 3 aromatic rings. The quantitative estimate of drug-likeness (QED) is 0.0189. The Morgan fingerprint density at radius 3 is 1.63 bits per heavy atom. The van der Waals surface area contributed by atoms with Gasteiger partial charge < -0.3 is 78.3 Å². The molecular formula is C63H87N13O13. The highest BCUT2D eigenvalue weighted by Crippen LogP contribution is 2.57. The lowest BCUT2D eigenvalue weighted by atomic mass is 9.77. The summed E-state index contributed by atoms with van der Waals surface area (Å²) in [6.07, 6.45) is 0.703. The van der Waals surface area contributed by atoms with E-state index in [9.17, 15) is 43.2 Å². The van der Waals surface area contributed by atoms with Crippen LogP contribution in [0.2, 0.25) is 0 Å². The molecular weight excluding hydrogens is 1150 g/mol. The van der Waals surface area contributed by atoms with Gasteiger partial charge in [0.2, 0.25) is 29.5 Å². The number of rotatable bonds is 23. The van der Waals surface area contributed by atoms with Gasteiger partial charge in [-0.25, -0.2) is 14.4 Å². The first-order chi connectivity index (χ1) is 41.9. The van der Waals surface area contributed by atoms with E-state index in [1.807, 2.05) is 0 Å². The molecule has 7 rings (SSSR count). The molecule has 7 amide bonds. The van der Waals surface area contributed by atoms with Crippen LogP contribution in [0.5, 0.6) is 11.5 Å². The molecule has 0 bridgehead atoms. The van der Waals surface area contributed by atoms with Gasteiger partial charge in [-0.05, 0) is 135 Å². The summed E-state index contributed by atoms with van der Waals surface area (Å²) < 4.78 is 23.9. The number of nitrogens with two attached hydrogens (primary N) is 4. The third-order valence-corrected chi connectivity index (χ3v) is 15.6. The predicted molar refractivity (Wildman–Crippen MR) is 332 cm³/mol. The fourth-order valence-corrected chi connectivity index (χ4v) is 11.5. The van der Waals surface area contributed by atoms with E-state index in [2.05, 4.69) is 36.6 Å². The minimum atomic E-state index is -1.58. The molecule has 482 valence electrons. The molecule has 0 aliphatic carbocycles. The number of fused-ring (bicyclic) bond motifs is 6. The van der Waals surface area contributed by atoms with Gasteiger partial charge >= 0.3 is 18.2 Å². The van der Waals surface area contributed by atoms with Crippen molar-refractivity contribution in [3.8, 4) is 11.5 Å². The molecule has 4 heterocycles. The third kappa shape index (κ3) is 16.8. The van der Waals surface area contributed by atoms with Gasteiger partial charge in [0.25, 0.3) is 0 Å². The van der Waals surface area contributed by atoms with E-state index >= 15 is 0 Å². The number of anilines is 2. The summed E-state index contributed by atoms with van der Waals surface area (Å²) in [5.74, 6) is -5.21. The van der Waals surface area contributed by atoms with Gasteiger partial charge in [0.1, 0.15) is 46.9 Å². The summed E-state index contributed by atoms with van der Waals surface area (Å²) in [5, 5.41) is 14.1. The van der Waals surface area contributed by atoms with Gasteiger partial charge in [-0.3, -0.25) is 38.8 Å². The summed E-state index contributed by atoms with van der Waals surface area (Å²) in [4.78, 5) is 137. The Bertz CT molecular complexity index is 3060. The Hall–Kier alpha value is -8.97. The summed E-state index contributed by atoms with van der Waals surface area (Å²) >= 11 is 0. The maximum absolute atomic E-state index is 14.6. The lowest BCUT2D eigenvalue weighted by molar-refractivity contribution is -0.141. The maximum Gasteiger partial charge on any atom is 0.408 e. The number of esters is 1. The molecule has 1 spiro atoms. The molecule has 7 atom stereocenters. The van der Waals surface area contributed by atoms with E-state index < -0.39 is 101 Å². The number of likely N-dealkylation sites (tertiary alicyclic amines) is 2. The monoisotopic (exact) mass is 1230 g/mol. The molecule has 4 aliphatic heterocycles. The van der Waals surface area contributed by atoms with Crippen LogP contribution < -0.4 is 54.3 Å². The van der Waals surface area contributed by atoms with Gasteiger partial charge in [0.05, 0.1) is 11.6 Å². The number of hydrogen-bond donors (Lipinski definition) is 9. The van der Waals surface area contributed by atoms with Crippen LogP contribution >= 0.6 is 0 Å². The molecule has 4 aliphatic rings. The van der Waals surface area contributed by atoms with Crippen LogP contribution in [0.15, 0.2) is 70.6 Å². The summed E-state index contributed by atoms with van der Waals surface area (Å²) in [7, 11) is 0. The van der Waals surface area contributed by atoms with Crippen molar-refractivity contribution < 1.29 is 62.1 Å². The number of Topliss-reactive ketones (excluding diaryl/α,β-unsaturated/α-hetero) is 1. The van der Waals surface area contributed by atoms with E-state index in [1.54, 1.807) is 130 Å². The van der Waals surface area contributed by atoms with Crippen LogP contribution in [0.25, 0.3) is 0 Å². The topological polar surface area (TPSA) is 386 Å². The second-order valence-corrected chi connectivity index (χ2v) is 25.6. The van der Waals surface area contributed by atoms with Crippen LogP contribution in [0.4, 0.5) is 21.0 Å². The fraction of sp³-hybridized carbons (Fsp3) is 0.540. The van der Waals surface area contributed by atoms with Crippen molar-refractivity contribution in [3.63, 3.8) is 0 Å². The number of hydrogen-bond acceptors (Lipinski definition) is 15. The normalized spacial score (nSPS) is 18.8. The molecule has 0 saturated carbocycles. The highest BCUT2D eigenvalue weighted by Gasteiger charge is 2.54. The number of carbonyl (C=O) groups is 9. The molecule has 2 fully saturated rings. The van der Waals surface area contributed by atoms with Crippen molar-refractivity contribution in [1.82, 2.24) is 25.8 Å². The lowest BCUT2D eigenvalue weighted by Gasteiger charge is -2.37. The number of aliphatic imine (C=N–C) groups is 2. The first-order valence-corrected chi connectivity index (χ1v) is 30.3. The zero-order valence-corrected chi connectivity index (χ0v) is 52.5. The van der Waals surface area contributed by atoms with Crippen molar-refractivity contribution >= 4 is 76.8 Å². The molecule has 26 heteroatoms. The van der Waals surface area contributed by atoms with E-state index in [-0.39, 0.29) is 104 Å². The second kappa shape index (κ2) is 28.5. The SMILES string of the molecule is CC(C)[C@H](NC(=O)OC(C)(C)C)C(=O)N1CCC[C@H]1C(=O)C[C@H](CCCN=C(N)N)C(=O)Nc1ccc2c(c1)Oc1cc(NC(=O)[C@@H](CCCN=C(N)N)NC(=O)[C@@H]3CCCN3C(=O)[C@@H](NC(=O)OC(C)(C)C)C(C)C)ccc1C21OC(=O)c2ccccc21. The van der Waals surface area contributed by atoms with Crippen LogP contribution in [-0.4, -0.2) is 143 Å². The van der Waals surface area contributed by atoms with Crippen LogP contribution in [0.3, 0.4) is 0 Å². The summed E-state index contributed by atoms with van der Waals surface area (Å²) in [6.45, 7) is 18.2. The molecule has 13 N–H and O–H groups in total. The lowest BCUT2D eigenvalue weighted by Crippen LogP contribution is -2.57. The highest BCUT2D eigenvalue weighted by atomic mass is 16.6. The molecule has 26 nitrogen and oxygen atoms in total. The first-order valence-electron chi connectivity index (χ1n) is 30.3. The molecule has 0 radical (unpaired) electrons. The van der Waals surface area contributed by atoms with Crippen LogP contribution in [0.1, 0.15) is 154 Å². The minimum absolute atomic E-state index is 0.0702. The number of ketones is 1. The minimum Gasteiger partial charge on any atom is -0.456 e. The van der Waals surface area contributed by atoms with Gasteiger partial charge in [0, 0.05) is 78.7 Å². The van der Waals surface area contributed by atoms with Crippen LogP contribution in [0, 0.1) is 17.8 Å². The molecule has 0 aromatic heterocycles. The molecule has 3 aromatic carbocycles. The number of amides is 7. The molecule has 1 unspecified atom stereocenters. The van der Waals surface area contributed by atoms with Gasteiger partial charge in [-0.15, -0.1) is 0 Å². The largest absolute Gasteiger partial charge is 0.456 e. The van der Waals surface area contributed by atoms with Crippen molar-refractivity contribution in [1.29, 1.82) is 0 Å². The Morgan fingerprint density at radius 1 is 0.640 bits per heavy atom. The highest BCUT2D eigenvalue weighted by molar-refractivity contribution is 6.01. The average molecular weight is 1230 g/mol. The van der Waals surface area contributed by atoms with E-state index in [1.165, 1.54) is 9.80 Å². The summed E-state index contributed by atoms with van der Waals surface area (Å²) in [5.41, 5.74) is 21.3. The zero-order valence-electron chi connectivity index (χ0n) is 52.5. The Balaban J connectivity index is 1.14. The number of ether oxygens (including phenoxy) is 4. The average Bonchev–Trinajstić information content (AvgIpc) is 1.65. The standard InChI is InChI=1S/C63H87N13O13/c1-34(2)49(73-59(84)88-61(5,6)7)54(81)75-29-15-21-44(75)46(77)31-36(17-13-27-68-57(64)65)51(78)70-37-23-25-41-47(32-37)86-48-33-38(24-26-42(48)63(41)40-19-12-11-18-39(40)56(83)87-63)71-52(79)43(20-14-28-69-58(66)67)72-53(80)45-22-16-30-76(45)55(82)50(35(3)4)74-60(85)89-62(8,9)10/h11-12,18-19,23-26,32-36,43-45,49-50H,13-17,20-22,27-31H2,1-10H3,(H,70,78)(H,71,79)(H,72,80)(H,73,84)(H,74,85)(H4,64,65,68)(H4,66,67,69)/t36-,43+,44-,45-,49-,50-,63?/m0/s1. The number of alkyl carbamates (subject to hydrolysis) is 2. The van der Waals surface area contributed by atoms with Crippen molar-refractivity contribution in [2.24, 2.45) is 50.7 Å². The van der Waals surface area contributed by atoms with Crippen molar-refractivity contribution in [2.45, 2.75) is 174 Å². The fourth-order valence-electron chi connectivity index (χ4n) is 11.5.